The van der Waals surface area contributed by atoms with E-state index in [4.69, 9.17) is 4.74 Å². The Hall–Kier alpha value is -3.50. The fourth-order valence-corrected chi connectivity index (χ4v) is 5.41. The molecule has 10 heteroatoms. The Bertz CT molecular complexity index is 1420. The Morgan fingerprint density at radius 3 is 2.74 bits per heavy atom. The summed E-state index contributed by atoms with van der Waals surface area (Å²) in [6.45, 7) is 6.71. The van der Waals surface area contributed by atoms with Crippen LogP contribution in [0.25, 0.3) is 17.0 Å². The van der Waals surface area contributed by atoms with Gasteiger partial charge in [-0.05, 0) is 42.9 Å². The maximum atomic E-state index is 14.0. The number of hydrogen-bond acceptors (Lipinski definition) is 6. The van der Waals surface area contributed by atoms with Crippen molar-refractivity contribution in [3.63, 3.8) is 0 Å². The van der Waals surface area contributed by atoms with Crippen molar-refractivity contribution in [2.45, 2.75) is 25.2 Å². The number of benzene rings is 2. The van der Waals surface area contributed by atoms with E-state index in [0.29, 0.717) is 30.7 Å². The molecule has 2 heterocycles. The van der Waals surface area contributed by atoms with Crippen LogP contribution in [0.15, 0.2) is 47.5 Å². The predicted molar refractivity (Wildman–Crippen MR) is 132 cm³/mol. The number of likely N-dealkylation sites (N-methyl/N-ethyl adjacent to an activating group) is 1. The smallest absolute Gasteiger partial charge is 0.340 e. The molecule has 0 bridgehead atoms. The van der Waals surface area contributed by atoms with Crippen molar-refractivity contribution in [3.8, 4) is 5.75 Å². The van der Waals surface area contributed by atoms with Gasteiger partial charge in [-0.2, -0.15) is 0 Å². The molecule has 0 aliphatic carbocycles. The summed E-state index contributed by atoms with van der Waals surface area (Å²) >= 11 is 0. The number of ether oxygens (including phenoxy) is 1. The van der Waals surface area contributed by atoms with Crippen LogP contribution in [-0.2, 0) is 16.4 Å². The number of carboxylic acids is 1. The lowest BCUT2D eigenvalue weighted by atomic mass is 10.0. The number of sulfonamides is 1. The molecule has 2 aromatic carbocycles. The molecule has 1 aliphatic rings. The Kier molecular flexibility index (Phi) is 7.04. The molecule has 0 spiro atoms. The molecule has 0 unspecified atom stereocenters. The zero-order valence-electron chi connectivity index (χ0n) is 19.4. The van der Waals surface area contributed by atoms with Crippen LogP contribution in [0.2, 0.25) is 0 Å². The molecule has 0 atom stereocenters. The molecule has 2 N–H and O–H groups in total. The number of aromatic nitrogens is 1. The van der Waals surface area contributed by atoms with Gasteiger partial charge in [0.05, 0.1) is 28.9 Å². The minimum absolute atomic E-state index is 0.126. The molecule has 1 aliphatic heterocycles. The summed E-state index contributed by atoms with van der Waals surface area (Å²) in [6.07, 6.45) is 5.39. The highest BCUT2D eigenvalue weighted by atomic mass is 32.2. The van der Waals surface area contributed by atoms with Gasteiger partial charge in [0, 0.05) is 23.9 Å². The lowest BCUT2D eigenvalue weighted by Gasteiger charge is -2.16. The molecule has 0 saturated carbocycles. The van der Waals surface area contributed by atoms with Crippen molar-refractivity contribution in [3.05, 3.63) is 65.1 Å². The third-order valence-electron chi connectivity index (χ3n) is 6.00. The molecule has 4 rings (SSSR count). The summed E-state index contributed by atoms with van der Waals surface area (Å²) in [4.78, 5) is 18.3. The second-order valence-electron chi connectivity index (χ2n) is 8.06. The maximum Gasteiger partial charge on any atom is 0.340 e. The Balaban J connectivity index is 1.74. The number of carbonyl (C=O) groups is 1. The van der Waals surface area contributed by atoms with Crippen molar-refractivity contribution in [2.75, 3.05) is 31.0 Å². The topological polar surface area (TPSA) is 109 Å². The summed E-state index contributed by atoms with van der Waals surface area (Å²) in [5.74, 6) is -1.31. The van der Waals surface area contributed by atoms with Crippen LogP contribution in [0, 0.1) is 5.82 Å². The van der Waals surface area contributed by atoms with Crippen LogP contribution in [-0.4, -0.2) is 55.6 Å². The largest absolute Gasteiger partial charge is 0.491 e. The van der Waals surface area contributed by atoms with Gasteiger partial charge in [-0.3, -0.25) is 9.71 Å². The van der Waals surface area contributed by atoms with Crippen molar-refractivity contribution < 1.29 is 27.4 Å². The minimum atomic E-state index is -4.26. The molecule has 0 radical (unpaired) electrons. The average molecular weight is 500 g/mol. The number of nitrogens with zero attached hydrogens (tertiary/aromatic N) is 2. The molecular formula is C25H26FN3O5S. The first kappa shape index (κ1) is 24.6. The number of carboxylic acid groups (broad SMARTS) is 1. The number of aromatic carboxylic acids is 1. The van der Waals surface area contributed by atoms with Crippen molar-refractivity contribution in [1.82, 2.24) is 9.88 Å². The number of anilines is 1. The number of halogens is 1. The second kappa shape index (κ2) is 10.0. The van der Waals surface area contributed by atoms with Gasteiger partial charge in [-0.15, -0.1) is 0 Å². The minimum Gasteiger partial charge on any atom is -0.491 e. The molecule has 0 saturated heterocycles. The molecule has 0 fully saturated rings. The Morgan fingerprint density at radius 2 is 2.03 bits per heavy atom. The first-order valence-corrected chi connectivity index (χ1v) is 12.8. The van der Waals surface area contributed by atoms with Gasteiger partial charge in [-0.1, -0.05) is 32.1 Å². The molecule has 35 heavy (non-hydrogen) atoms. The lowest BCUT2D eigenvalue weighted by molar-refractivity contribution is 0.0700. The van der Waals surface area contributed by atoms with Gasteiger partial charge >= 0.3 is 5.97 Å². The first-order valence-electron chi connectivity index (χ1n) is 11.3. The Morgan fingerprint density at radius 1 is 1.26 bits per heavy atom. The first-order chi connectivity index (χ1) is 16.7. The summed E-state index contributed by atoms with van der Waals surface area (Å²) in [6, 6.07) is 6.40. The van der Waals surface area contributed by atoms with E-state index in [-0.39, 0.29) is 27.2 Å². The molecule has 184 valence electrons. The summed E-state index contributed by atoms with van der Waals surface area (Å²) in [5.41, 5.74) is 0.780. The van der Waals surface area contributed by atoms with E-state index in [9.17, 15) is 22.7 Å². The zero-order valence-corrected chi connectivity index (χ0v) is 20.2. The van der Waals surface area contributed by atoms with Crippen LogP contribution >= 0.6 is 0 Å². The standard InChI is InChI=1S/C25H26FN3O5S/c1-3-29(4-2)12-5-6-16-14-17(26)7-10-22(16)35(32,33)28-20-9-8-19-18-11-13-34-21(18)15-27-24(19)23(20)25(30)31/h5-10,14-15,28H,3-4,11-13H2,1-2H3,(H,30,31). The van der Waals surface area contributed by atoms with Gasteiger partial charge in [0.2, 0.25) is 0 Å². The van der Waals surface area contributed by atoms with E-state index >= 15 is 0 Å². The van der Waals surface area contributed by atoms with Gasteiger partial charge in [0.15, 0.2) is 0 Å². The molecular weight excluding hydrogens is 473 g/mol. The van der Waals surface area contributed by atoms with E-state index in [1.165, 1.54) is 18.3 Å². The van der Waals surface area contributed by atoms with Gasteiger partial charge in [-0.25, -0.2) is 17.6 Å². The summed E-state index contributed by atoms with van der Waals surface area (Å²) < 4.78 is 48.5. The fraction of sp³-hybridized carbons (Fsp3) is 0.280. The average Bonchev–Trinajstić information content (AvgIpc) is 3.30. The lowest BCUT2D eigenvalue weighted by Crippen LogP contribution is -2.22. The monoisotopic (exact) mass is 499 g/mol. The normalized spacial score (nSPS) is 13.4. The summed E-state index contributed by atoms with van der Waals surface area (Å²) in [5, 5.41) is 10.5. The molecule has 0 amide bonds. The zero-order chi connectivity index (χ0) is 25.2. The number of hydrogen-bond donors (Lipinski definition) is 2. The molecule has 1 aromatic heterocycles. The number of pyridine rings is 1. The second-order valence-corrected chi connectivity index (χ2v) is 9.72. The van der Waals surface area contributed by atoms with Crippen LogP contribution < -0.4 is 9.46 Å². The van der Waals surface area contributed by atoms with Gasteiger partial charge in [0.25, 0.3) is 10.0 Å². The number of rotatable bonds is 9. The maximum absolute atomic E-state index is 14.0. The highest BCUT2D eigenvalue weighted by Crippen LogP contribution is 2.35. The predicted octanol–water partition coefficient (Wildman–Crippen LogP) is 4.16. The fourth-order valence-electron chi connectivity index (χ4n) is 4.15. The van der Waals surface area contributed by atoms with E-state index in [0.717, 1.165) is 30.8 Å². The van der Waals surface area contributed by atoms with Gasteiger partial charge in [0.1, 0.15) is 17.1 Å². The van der Waals surface area contributed by atoms with E-state index in [2.05, 4.69) is 14.6 Å². The van der Waals surface area contributed by atoms with E-state index in [1.807, 2.05) is 13.8 Å². The number of fused-ring (bicyclic) bond motifs is 3. The van der Waals surface area contributed by atoms with Crippen LogP contribution in [0.1, 0.15) is 35.3 Å². The van der Waals surface area contributed by atoms with Crippen LogP contribution in [0.5, 0.6) is 5.75 Å². The van der Waals surface area contributed by atoms with E-state index in [1.54, 1.807) is 18.2 Å². The number of nitrogens with one attached hydrogen (secondary N) is 1. The quantitative estimate of drug-likeness (QED) is 0.455. The van der Waals surface area contributed by atoms with Crippen molar-refractivity contribution in [1.29, 1.82) is 0 Å². The van der Waals surface area contributed by atoms with E-state index < -0.39 is 21.8 Å². The van der Waals surface area contributed by atoms with Gasteiger partial charge < -0.3 is 14.7 Å². The summed E-state index contributed by atoms with van der Waals surface area (Å²) in [7, 11) is -4.26. The van der Waals surface area contributed by atoms with Crippen LogP contribution in [0.4, 0.5) is 10.1 Å². The SMILES string of the molecule is CCN(CC)CC=Cc1cc(F)ccc1S(=O)(=O)Nc1ccc2c3c(cnc2c1C(=O)O)OCC3. The van der Waals surface area contributed by atoms with Crippen molar-refractivity contribution >= 4 is 38.7 Å². The molecule has 3 aromatic rings. The van der Waals surface area contributed by atoms with Crippen molar-refractivity contribution in [2.24, 2.45) is 0 Å². The van der Waals surface area contributed by atoms with Crippen LogP contribution in [0.3, 0.4) is 0 Å². The third kappa shape index (κ3) is 4.98. The Labute approximate surface area is 203 Å². The highest BCUT2D eigenvalue weighted by Gasteiger charge is 2.25. The molecule has 8 nitrogen and oxygen atoms in total. The third-order valence-corrected chi connectivity index (χ3v) is 7.44. The highest BCUT2D eigenvalue weighted by molar-refractivity contribution is 7.92.